The number of rotatable bonds is 3. The first kappa shape index (κ1) is 13.7. The van der Waals surface area contributed by atoms with Crippen LogP contribution in [0.3, 0.4) is 0 Å². The van der Waals surface area contributed by atoms with E-state index in [9.17, 15) is 8.42 Å². The Balaban J connectivity index is 1.93. The standard InChI is InChI=1S/C11H19N3O3S/c12-3-4-13-5-7-14(8-6-13)18(15,16)11-1-9-17-10-2-11/h11H,1-2,4-10H2. The molecule has 0 amide bonds. The summed E-state index contributed by atoms with van der Waals surface area (Å²) in [4.78, 5) is 1.98. The molecule has 0 aliphatic carbocycles. The van der Waals surface area contributed by atoms with Gasteiger partial charge in [-0.15, -0.1) is 0 Å². The number of ether oxygens (including phenoxy) is 1. The van der Waals surface area contributed by atoms with E-state index in [2.05, 4.69) is 6.07 Å². The summed E-state index contributed by atoms with van der Waals surface area (Å²) in [6.07, 6.45) is 1.20. The summed E-state index contributed by atoms with van der Waals surface area (Å²) in [7, 11) is -3.18. The lowest BCUT2D eigenvalue weighted by atomic mass is 10.2. The topological polar surface area (TPSA) is 73.6 Å². The highest BCUT2D eigenvalue weighted by Crippen LogP contribution is 2.20. The first-order chi connectivity index (χ1) is 8.64. The van der Waals surface area contributed by atoms with Crippen LogP contribution >= 0.6 is 0 Å². The van der Waals surface area contributed by atoms with Gasteiger partial charge in [0, 0.05) is 39.4 Å². The number of hydrogen-bond acceptors (Lipinski definition) is 5. The lowest BCUT2D eigenvalue weighted by molar-refractivity contribution is 0.0964. The molecule has 2 saturated heterocycles. The summed E-state index contributed by atoms with van der Waals surface area (Å²) in [5.41, 5.74) is 0. The second-order valence-electron chi connectivity index (χ2n) is 4.69. The first-order valence-electron chi connectivity index (χ1n) is 6.30. The minimum absolute atomic E-state index is 0.284. The Morgan fingerprint density at radius 1 is 1.17 bits per heavy atom. The molecule has 0 unspecified atom stereocenters. The van der Waals surface area contributed by atoms with Crippen molar-refractivity contribution in [1.82, 2.24) is 9.21 Å². The summed E-state index contributed by atoms with van der Waals surface area (Å²) in [5.74, 6) is 0. The summed E-state index contributed by atoms with van der Waals surface area (Å²) in [6.45, 7) is 3.76. The molecule has 0 aromatic heterocycles. The van der Waals surface area contributed by atoms with Gasteiger partial charge < -0.3 is 4.74 Å². The Kier molecular flexibility index (Phi) is 4.56. The number of hydrogen-bond donors (Lipinski definition) is 0. The zero-order chi connectivity index (χ0) is 13.0. The van der Waals surface area contributed by atoms with E-state index in [1.165, 1.54) is 0 Å². The van der Waals surface area contributed by atoms with Crippen molar-refractivity contribution < 1.29 is 13.2 Å². The number of nitrogens with zero attached hydrogens (tertiary/aromatic N) is 3. The smallest absolute Gasteiger partial charge is 0.217 e. The van der Waals surface area contributed by atoms with Gasteiger partial charge in [-0.3, -0.25) is 4.90 Å². The van der Waals surface area contributed by atoms with Crippen molar-refractivity contribution in [3.05, 3.63) is 0 Å². The van der Waals surface area contributed by atoms with Crippen LogP contribution in [0.25, 0.3) is 0 Å². The van der Waals surface area contributed by atoms with Crippen LogP contribution in [0.15, 0.2) is 0 Å². The Labute approximate surface area is 108 Å². The summed E-state index contributed by atoms with van der Waals surface area (Å²) < 4.78 is 31.6. The molecule has 6 nitrogen and oxygen atoms in total. The van der Waals surface area contributed by atoms with E-state index in [1.54, 1.807) is 4.31 Å². The van der Waals surface area contributed by atoms with Crippen LogP contribution in [0.5, 0.6) is 0 Å². The maximum Gasteiger partial charge on any atom is 0.217 e. The lowest BCUT2D eigenvalue weighted by Gasteiger charge is -2.35. The van der Waals surface area contributed by atoms with Crippen LogP contribution in [0.2, 0.25) is 0 Å². The number of piperazine rings is 1. The van der Waals surface area contributed by atoms with Gasteiger partial charge in [-0.2, -0.15) is 9.57 Å². The van der Waals surface area contributed by atoms with Crippen LogP contribution in [-0.4, -0.2) is 68.8 Å². The fourth-order valence-electron chi connectivity index (χ4n) is 2.43. The fourth-order valence-corrected chi connectivity index (χ4v) is 4.31. The zero-order valence-corrected chi connectivity index (χ0v) is 11.2. The second-order valence-corrected chi connectivity index (χ2v) is 6.90. The van der Waals surface area contributed by atoms with Crippen molar-refractivity contribution in [3.63, 3.8) is 0 Å². The molecule has 0 aromatic carbocycles. The molecule has 7 heteroatoms. The molecule has 0 aromatic rings. The normalized spacial score (nSPS) is 24.8. The highest BCUT2D eigenvalue weighted by Gasteiger charge is 2.34. The van der Waals surface area contributed by atoms with E-state index in [0.717, 1.165) is 0 Å². The van der Waals surface area contributed by atoms with Crippen molar-refractivity contribution in [2.45, 2.75) is 18.1 Å². The molecule has 2 heterocycles. The third-order valence-electron chi connectivity index (χ3n) is 3.58. The monoisotopic (exact) mass is 273 g/mol. The van der Waals surface area contributed by atoms with Crippen molar-refractivity contribution in [3.8, 4) is 6.07 Å². The third kappa shape index (κ3) is 3.01. The maximum atomic E-state index is 12.4. The van der Waals surface area contributed by atoms with Crippen LogP contribution in [0.1, 0.15) is 12.8 Å². The Morgan fingerprint density at radius 2 is 1.78 bits per heavy atom. The Hall–Kier alpha value is -0.680. The molecular weight excluding hydrogens is 254 g/mol. The third-order valence-corrected chi connectivity index (χ3v) is 5.97. The van der Waals surface area contributed by atoms with E-state index in [0.29, 0.717) is 58.8 Å². The van der Waals surface area contributed by atoms with Crippen LogP contribution in [-0.2, 0) is 14.8 Å². The summed E-state index contributed by atoms with van der Waals surface area (Å²) >= 11 is 0. The van der Waals surface area contributed by atoms with Gasteiger partial charge in [-0.25, -0.2) is 8.42 Å². The Morgan fingerprint density at radius 3 is 2.33 bits per heavy atom. The van der Waals surface area contributed by atoms with Gasteiger partial charge in [0.25, 0.3) is 0 Å². The maximum absolute atomic E-state index is 12.4. The van der Waals surface area contributed by atoms with Crippen molar-refractivity contribution in [2.24, 2.45) is 0 Å². The average molecular weight is 273 g/mol. The van der Waals surface area contributed by atoms with Crippen LogP contribution in [0, 0.1) is 11.3 Å². The molecule has 102 valence electrons. The molecule has 2 aliphatic rings. The molecule has 18 heavy (non-hydrogen) atoms. The molecule has 2 fully saturated rings. The van der Waals surface area contributed by atoms with Gasteiger partial charge in [0.15, 0.2) is 0 Å². The van der Waals surface area contributed by atoms with Gasteiger partial charge >= 0.3 is 0 Å². The predicted molar refractivity (Wildman–Crippen MR) is 66.4 cm³/mol. The van der Waals surface area contributed by atoms with Crippen LogP contribution < -0.4 is 0 Å². The fraction of sp³-hybridized carbons (Fsp3) is 0.909. The van der Waals surface area contributed by atoms with E-state index < -0.39 is 10.0 Å². The van der Waals surface area contributed by atoms with E-state index in [4.69, 9.17) is 10.00 Å². The predicted octanol–water partition coefficient (Wildman–Crippen LogP) is -0.364. The van der Waals surface area contributed by atoms with E-state index in [-0.39, 0.29) is 5.25 Å². The quantitative estimate of drug-likeness (QED) is 0.656. The molecule has 0 spiro atoms. The van der Waals surface area contributed by atoms with Gasteiger partial charge in [0.1, 0.15) is 0 Å². The molecule has 2 aliphatic heterocycles. The zero-order valence-electron chi connectivity index (χ0n) is 10.4. The van der Waals surface area contributed by atoms with Crippen LogP contribution in [0.4, 0.5) is 0 Å². The largest absolute Gasteiger partial charge is 0.381 e. The number of nitriles is 1. The molecule has 0 radical (unpaired) electrons. The van der Waals surface area contributed by atoms with Gasteiger partial charge in [-0.1, -0.05) is 0 Å². The van der Waals surface area contributed by atoms with Gasteiger partial charge in [-0.05, 0) is 12.8 Å². The summed E-state index contributed by atoms with van der Waals surface area (Å²) in [6, 6.07) is 2.10. The molecule has 2 rings (SSSR count). The highest BCUT2D eigenvalue weighted by atomic mass is 32.2. The number of sulfonamides is 1. The highest BCUT2D eigenvalue weighted by molar-refractivity contribution is 7.89. The molecule has 0 bridgehead atoms. The first-order valence-corrected chi connectivity index (χ1v) is 7.81. The second kappa shape index (κ2) is 5.97. The van der Waals surface area contributed by atoms with Gasteiger partial charge in [0.2, 0.25) is 10.0 Å². The van der Waals surface area contributed by atoms with E-state index in [1.807, 2.05) is 4.90 Å². The minimum Gasteiger partial charge on any atom is -0.381 e. The van der Waals surface area contributed by atoms with Crippen molar-refractivity contribution in [1.29, 1.82) is 5.26 Å². The minimum atomic E-state index is -3.18. The SMILES string of the molecule is N#CCN1CCN(S(=O)(=O)C2CCOCC2)CC1. The molecule has 0 atom stereocenters. The van der Waals surface area contributed by atoms with Gasteiger partial charge in [0.05, 0.1) is 17.9 Å². The Bertz CT molecular complexity index is 404. The average Bonchev–Trinajstić information content (AvgIpc) is 2.41. The molecule has 0 saturated carbocycles. The van der Waals surface area contributed by atoms with E-state index >= 15 is 0 Å². The lowest BCUT2D eigenvalue weighted by Crippen LogP contribution is -2.51. The van der Waals surface area contributed by atoms with Crippen molar-refractivity contribution in [2.75, 3.05) is 45.9 Å². The molecule has 0 N–H and O–H groups in total. The molecular formula is C11H19N3O3S. The van der Waals surface area contributed by atoms with Crippen molar-refractivity contribution >= 4 is 10.0 Å². The summed E-state index contributed by atoms with van der Waals surface area (Å²) in [5, 5.41) is 8.33.